The molecule has 0 spiro atoms. The van der Waals surface area contributed by atoms with Crippen molar-refractivity contribution in [1.29, 1.82) is 0 Å². The molecule has 0 amide bonds. The number of piperidine rings is 1. The van der Waals surface area contributed by atoms with Gasteiger partial charge < -0.3 is 14.7 Å². The summed E-state index contributed by atoms with van der Waals surface area (Å²) < 4.78 is 4.87. The van der Waals surface area contributed by atoms with E-state index in [1.807, 2.05) is 13.1 Å². The van der Waals surface area contributed by atoms with Crippen molar-refractivity contribution in [2.45, 2.75) is 24.8 Å². The van der Waals surface area contributed by atoms with Gasteiger partial charge in [0.15, 0.2) is 5.78 Å². The average Bonchev–Trinajstić information content (AvgIpc) is 2.47. The third-order valence-electron chi connectivity index (χ3n) is 4.76. The number of aromatic hydroxyl groups is 1. The lowest BCUT2D eigenvalue weighted by Gasteiger charge is -2.44. The Morgan fingerprint density at radius 3 is 2.90 bits per heavy atom. The van der Waals surface area contributed by atoms with Gasteiger partial charge in [-0.1, -0.05) is 12.1 Å². The van der Waals surface area contributed by atoms with E-state index in [-0.39, 0.29) is 35.4 Å². The van der Waals surface area contributed by atoms with E-state index in [2.05, 4.69) is 4.90 Å². The number of phenols is 1. The third kappa shape index (κ3) is 2.21. The Morgan fingerprint density at radius 2 is 2.19 bits per heavy atom. The second-order valence-corrected chi connectivity index (χ2v) is 5.94. The number of carbonyl (C=O) groups excluding carboxylic acids is 2. The first-order valence-electron chi connectivity index (χ1n) is 7.16. The van der Waals surface area contributed by atoms with Crippen LogP contribution in [0.2, 0.25) is 0 Å². The average molecular weight is 289 g/mol. The number of phenolic OH excluding ortho intramolecular Hbond substituents is 1. The molecule has 5 nitrogen and oxygen atoms in total. The van der Waals surface area contributed by atoms with Crippen LogP contribution in [-0.2, 0) is 9.53 Å². The molecule has 1 aromatic rings. The maximum absolute atomic E-state index is 12.3. The molecule has 2 aliphatic rings. The summed E-state index contributed by atoms with van der Waals surface area (Å²) in [4.78, 5) is 26.2. The van der Waals surface area contributed by atoms with Crippen molar-refractivity contribution >= 4 is 11.8 Å². The lowest BCUT2D eigenvalue weighted by molar-refractivity contribution is -0.148. The number of likely N-dealkylation sites (tertiary alicyclic amines) is 1. The van der Waals surface area contributed by atoms with E-state index in [9.17, 15) is 14.7 Å². The first kappa shape index (κ1) is 14.1. The van der Waals surface area contributed by atoms with Gasteiger partial charge in [0.2, 0.25) is 0 Å². The fourth-order valence-corrected chi connectivity index (χ4v) is 3.76. The van der Waals surface area contributed by atoms with Crippen LogP contribution in [0.5, 0.6) is 5.75 Å². The number of benzene rings is 1. The predicted molar refractivity (Wildman–Crippen MR) is 76.3 cm³/mol. The Morgan fingerprint density at radius 1 is 1.43 bits per heavy atom. The van der Waals surface area contributed by atoms with Crippen LogP contribution in [0.25, 0.3) is 0 Å². The molecule has 5 heteroatoms. The highest BCUT2D eigenvalue weighted by Crippen LogP contribution is 2.44. The minimum Gasteiger partial charge on any atom is -0.507 e. The first-order chi connectivity index (χ1) is 10.0. The number of hydrogen-bond donors (Lipinski definition) is 1. The molecule has 1 aliphatic carbocycles. The van der Waals surface area contributed by atoms with E-state index in [0.717, 1.165) is 5.56 Å². The van der Waals surface area contributed by atoms with Gasteiger partial charge in [-0.05, 0) is 25.1 Å². The molecular weight excluding hydrogens is 270 g/mol. The summed E-state index contributed by atoms with van der Waals surface area (Å²) >= 11 is 0. The summed E-state index contributed by atoms with van der Waals surface area (Å²) in [5.41, 5.74) is 1.29. The molecule has 1 aromatic carbocycles. The van der Waals surface area contributed by atoms with Crippen LogP contribution in [0, 0.1) is 5.92 Å². The highest BCUT2D eigenvalue weighted by molar-refractivity contribution is 6.02. The largest absolute Gasteiger partial charge is 0.507 e. The second-order valence-electron chi connectivity index (χ2n) is 5.94. The zero-order chi connectivity index (χ0) is 15.1. The minimum atomic E-state index is -0.209. The number of rotatable bonds is 1. The predicted octanol–water partition coefficient (Wildman–Crippen LogP) is 1.56. The van der Waals surface area contributed by atoms with Gasteiger partial charge in [-0.2, -0.15) is 0 Å². The molecule has 3 rings (SSSR count). The van der Waals surface area contributed by atoms with Gasteiger partial charge in [0.05, 0.1) is 18.6 Å². The fraction of sp³-hybridized carbons (Fsp3) is 0.500. The molecule has 0 unspecified atom stereocenters. The smallest absolute Gasteiger partial charge is 0.309 e. The maximum atomic E-state index is 12.3. The molecule has 0 radical (unpaired) electrons. The van der Waals surface area contributed by atoms with Gasteiger partial charge in [-0.3, -0.25) is 9.59 Å². The molecule has 1 heterocycles. The molecule has 112 valence electrons. The lowest BCUT2D eigenvalue weighted by atomic mass is 9.71. The van der Waals surface area contributed by atoms with Crippen molar-refractivity contribution in [3.63, 3.8) is 0 Å². The van der Waals surface area contributed by atoms with E-state index in [1.165, 1.54) is 7.11 Å². The standard InChI is InChI=1S/C16H19NO4/c1-17-8-9(16(20)21-2)6-11-10-4-3-5-13(18)15(10)14(19)7-12(11)17/h3-5,9,11-12,18H,6-8H2,1-2H3/t9-,11-,12-/m1/s1. The van der Waals surface area contributed by atoms with Gasteiger partial charge in [0, 0.05) is 24.9 Å². The minimum absolute atomic E-state index is 0.0206. The van der Waals surface area contributed by atoms with Crippen LogP contribution in [0.3, 0.4) is 0 Å². The molecule has 1 saturated heterocycles. The Hall–Kier alpha value is -1.88. The van der Waals surface area contributed by atoms with Gasteiger partial charge >= 0.3 is 5.97 Å². The van der Waals surface area contributed by atoms with E-state index in [1.54, 1.807) is 12.1 Å². The van der Waals surface area contributed by atoms with Crippen molar-refractivity contribution in [2.75, 3.05) is 20.7 Å². The monoisotopic (exact) mass is 289 g/mol. The molecule has 1 N–H and O–H groups in total. The number of hydrogen-bond acceptors (Lipinski definition) is 5. The Bertz CT molecular complexity index is 598. The van der Waals surface area contributed by atoms with Crippen molar-refractivity contribution in [2.24, 2.45) is 5.92 Å². The quantitative estimate of drug-likeness (QED) is 0.795. The van der Waals surface area contributed by atoms with Crippen molar-refractivity contribution < 1.29 is 19.4 Å². The number of nitrogens with zero attached hydrogens (tertiary/aromatic N) is 1. The molecule has 1 fully saturated rings. The summed E-state index contributed by atoms with van der Waals surface area (Å²) in [6.07, 6.45) is 1.05. The SMILES string of the molecule is COC(=O)[C@@H]1C[C@@H]2c3cccc(O)c3C(=O)C[C@H]2N(C)C1. The van der Waals surface area contributed by atoms with Gasteiger partial charge in [0.1, 0.15) is 5.75 Å². The molecular formula is C16H19NO4. The number of ketones is 1. The van der Waals surface area contributed by atoms with Gasteiger partial charge in [0.25, 0.3) is 0 Å². The Balaban J connectivity index is 2.01. The van der Waals surface area contributed by atoms with Crippen LogP contribution >= 0.6 is 0 Å². The number of fused-ring (bicyclic) bond motifs is 3. The molecule has 21 heavy (non-hydrogen) atoms. The second kappa shape index (κ2) is 5.15. The summed E-state index contributed by atoms with van der Waals surface area (Å²) in [5.74, 6) is -0.303. The maximum Gasteiger partial charge on any atom is 0.309 e. The number of esters is 1. The summed E-state index contributed by atoms with van der Waals surface area (Å²) in [6.45, 7) is 0.606. The molecule has 3 atom stereocenters. The number of Topliss-reactive ketones (excluding diaryl/α,β-unsaturated/α-hetero) is 1. The van der Waals surface area contributed by atoms with Crippen molar-refractivity contribution in [1.82, 2.24) is 4.90 Å². The van der Waals surface area contributed by atoms with E-state index in [0.29, 0.717) is 24.9 Å². The van der Waals surface area contributed by atoms with Crippen LogP contribution in [0.4, 0.5) is 0 Å². The lowest BCUT2D eigenvalue weighted by Crippen LogP contribution is -2.50. The van der Waals surface area contributed by atoms with Gasteiger partial charge in [-0.25, -0.2) is 0 Å². The normalized spacial score (nSPS) is 28.7. The van der Waals surface area contributed by atoms with E-state index < -0.39 is 0 Å². The highest BCUT2D eigenvalue weighted by atomic mass is 16.5. The summed E-state index contributed by atoms with van der Waals surface area (Å²) in [5, 5.41) is 9.98. The van der Waals surface area contributed by atoms with Crippen molar-refractivity contribution in [3.05, 3.63) is 29.3 Å². The van der Waals surface area contributed by atoms with Gasteiger partial charge in [-0.15, -0.1) is 0 Å². The van der Waals surface area contributed by atoms with Crippen LogP contribution < -0.4 is 0 Å². The number of carbonyl (C=O) groups is 2. The van der Waals surface area contributed by atoms with E-state index in [4.69, 9.17) is 4.74 Å². The zero-order valence-electron chi connectivity index (χ0n) is 12.2. The number of likely N-dealkylation sites (N-methyl/N-ethyl adjacent to an activating group) is 1. The zero-order valence-corrected chi connectivity index (χ0v) is 12.2. The molecule has 1 aliphatic heterocycles. The summed E-state index contributed by atoms with van der Waals surface area (Å²) in [7, 11) is 3.34. The molecule has 0 bridgehead atoms. The highest BCUT2D eigenvalue weighted by Gasteiger charge is 2.44. The molecule has 0 aromatic heterocycles. The molecule has 0 saturated carbocycles. The third-order valence-corrected chi connectivity index (χ3v) is 4.76. The summed E-state index contributed by atoms with van der Waals surface area (Å²) in [6, 6.07) is 5.28. The van der Waals surface area contributed by atoms with E-state index >= 15 is 0 Å². The number of methoxy groups -OCH3 is 1. The van der Waals surface area contributed by atoms with Crippen LogP contribution in [0.1, 0.15) is 34.7 Å². The van der Waals surface area contributed by atoms with Crippen LogP contribution in [0.15, 0.2) is 18.2 Å². The van der Waals surface area contributed by atoms with Crippen LogP contribution in [-0.4, -0.2) is 48.5 Å². The Kier molecular flexibility index (Phi) is 3.45. The topological polar surface area (TPSA) is 66.8 Å². The first-order valence-corrected chi connectivity index (χ1v) is 7.16. The van der Waals surface area contributed by atoms with Crippen molar-refractivity contribution in [3.8, 4) is 5.75 Å². The fourth-order valence-electron chi connectivity index (χ4n) is 3.76. The Labute approximate surface area is 123 Å². The number of ether oxygens (including phenoxy) is 1.